The second kappa shape index (κ2) is 6.70. The Labute approximate surface area is 121 Å². The molecule has 0 spiro atoms. The molecule has 112 valence electrons. The van der Waals surface area contributed by atoms with E-state index in [-0.39, 0.29) is 6.10 Å². The summed E-state index contributed by atoms with van der Waals surface area (Å²) < 4.78 is 30.8. The smallest absolute Gasteiger partial charge is 0.211 e. The maximum absolute atomic E-state index is 11.9. The minimum absolute atomic E-state index is 0.0581. The summed E-state index contributed by atoms with van der Waals surface area (Å²) in [7, 11) is -3.18. The van der Waals surface area contributed by atoms with Gasteiger partial charge in [0.25, 0.3) is 0 Å². The van der Waals surface area contributed by atoms with Crippen LogP contribution in [-0.2, 0) is 21.2 Å². The van der Waals surface area contributed by atoms with Crippen LogP contribution in [0, 0.1) is 6.92 Å². The zero-order chi connectivity index (χ0) is 14.6. The molecule has 4 nitrogen and oxygen atoms in total. The van der Waals surface area contributed by atoms with Gasteiger partial charge < -0.3 is 4.74 Å². The average Bonchev–Trinajstić information content (AvgIpc) is 2.88. The van der Waals surface area contributed by atoms with E-state index >= 15 is 0 Å². The molecule has 0 bridgehead atoms. The van der Waals surface area contributed by atoms with Crippen LogP contribution < -0.4 is 0 Å². The van der Waals surface area contributed by atoms with Gasteiger partial charge >= 0.3 is 0 Å². The van der Waals surface area contributed by atoms with Gasteiger partial charge in [0.15, 0.2) is 0 Å². The van der Waals surface area contributed by atoms with Crippen LogP contribution in [0.5, 0.6) is 0 Å². The molecule has 0 N–H and O–H groups in total. The molecule has 0 aliphatic carbocycles. The Kier molecular flexibility index (Phi) is 5.18. The molecule has 1 fully saturated rings. The van der Waals surface area contributed by atoms with Gasteiger partial charge in [-0.3, -0.25) is 0 Å². The minimum Gasteiger partial charge on any atom is -0.377 e. The van der Waals surface area contributed by atoms with Crippen molar-refractivity contribution < 1.29 is 13.2 Å². The molecule has 1 atom stereocenters. The highest BCUT2D eigenvalue weighted by atomic mass is 32.2. The van der Waals surface area contributed by atoms with E-state index in [0.29, 0.717) is 13.1 Å². The van der Waals surface area contributed by atoms with Crippen LogP contribution in [0.2, 0.25) is 0 Å². The van der Waals surface area contributed by atoms with Gasteiger partial charge in [-0.2, -0.15) is 4.31 Å². The largest absolute Gasteiger partial charge is 0.377 e. The summed E-state index contributed by atoms with van der Waals surface area (Å²) in [6, 6.07) is 8.23. The lowest BCUT2D eigenvalue weighted by Gasteiger charge is -2.23. The Balaban J connectivity index is 1.95. The summed E-state index contributed by atoms with van der Waals surface area (Å²) >= 11 is 0. The lowest BCUT2D eigenvalue weighted by Crippen LogP contribution is -2.38. The van der Waals surface area contributed by atoms with Gasteiger partial charge in [0.1, 0.15) is 0 Å². The third kappa shape index (κ3) is 4.58. The Morgan fingerprint density at radius 3 is 2.55 bits per heavy atom. The molecule has 1 aliphatic heterocycles. The van der Waals surface area contributed by atoms with Crippen LogP contribution in [0.15, 0.2) is 24.3 Å². The van der Waals surface area contributed by atoms with Gasteiger partial charge in [-0.05, 0) is 31.7 Å². The van der Waals surface area contributed by atoms with Crippen molar-refractivity contribution in [3.05, 3.63) is 35.4 Å². The second-order valence-electron chi connectivity index (χ2n) is 5.49. The van der Waals surface area contributed by atoms with E-state index in [1.807, 2.05) is 6.92 Å². The third-order valence-electron chi connectivity index (χ3n) is 3.67. The number of rotatable bonds is 6. The summed E-state index contributed by atoms with van der Waals surface area (Å²) in [5, 5.41) is 0. The first-order valence-electron chi connectivity index (χ1n) is 7.07. The van der Waals surface area contributed by atoms with Crippen LogP contribution in [0.4, 0.5) is 0 Å². The van der Waals surface area contributed by atoms with E-state index in [1.165, 1.54) is 11.8 Å². The molecule has 1 aliphatic rings. The molecule has 0 amide bonds. The van der Waals surface area contributed by atoms with Gasteiger partial charge in [0.2, 0.25) is 10.0 Å². The van der Waals surface area contributed by atoms with Crippen LogP contribution in [0.25, 0.3) is 0 Å². The predicted octanol–water partition coefficient (Wildman–Crippen LogP) is 1.98. The lowest BCUT2D eigenvalue weighted by atomic mass is 10.1. The second-order valence-corrected chi connectivity index (χ2v) is 7.47. The van der Waals surface area contributed by atoms with E-state index in [4.69, 9.17) is 4.74 Å². The molecule has 2 rings (SSSR count). The first-order valence-corrected chi connectivity index (χ1v) is 8.92. The van der Waals surface area contributed by atoms with Crippen LogP contribution in [0.1, 0.15) is 24.0 Å². The molecular weight excluding hydrogens is 274 g/mol. The van der Waals surface area contributed by atoms with Crippen molar-refractivity contribution in [3.8, 4) is 0 Å². The Morgan fingerprint density at radius 1 is 1.30 bits per heavy atom. The third-order valence-corrected chi connectivity index (χ3v) is 4.94. The highest BCUT2D eigenvalue weighted by molar-refractivity contribution is 7.88. The molecule has 0 saturated carbocycles. The Bertz CT molecular complexity index is 519. The molecule has 1 heterocycles. The first-order chi connectivity index (χ1) is 9.45. The van der Waals surface area contributed by atoms with Gasteiger partial charge in [0, 0.05) is 19.7 Å². The van der Waals surface area contributed by atoms with E-state index < -0.39 is 10.0 Å². The summed E-state index contributed by atoms with van der Waals surface area (Å²) in [6.07, 6.45) is 4.05. The van der Waals surface area contributed by atoms with E-state index in [0.717, 1.165) is 31.4 Å². The van der Waals surface area contributed by atoms with Crippen molar-refractivity contribution in [1.82, 2.24) is 4.31 Å². The fourth-order valence-corrected chi connectivity index (χ4v) is 3.28. The van der Waals surface area contributed by atoms with Crippen LogP contribution in [0.3, 0.4) is 0 Å². The monoisotopic (exact) mass is 297 g/mol. The maximum Gasteiger partial charge on any atom is 0.211 e. The Morgan fingerprint density at radius 2 is 2.00 bits per heavy atom. The fraction of sp³-hybridized carbons (Fsp3) is 0.600. The average molecular weight is 297 g/mol. The molecule has 5 heteroatoms. The predicted molar refractivity (Wildman–Crippen MR) is 80.3 cm³/mol. The van der Waals surface area contributed by atoms with E-state index in [2.05, 4.69) is 24.3 Å². The molecule has 1 aromatic rings. The molecule has 1 aromatic carbocycles. The Hall–Kier alpha value is -0.910. The molecule has 20 heavy (non-hydrogen) atoms. The number of hydrogen-bond acceptors (Lipinski definition) is 3. The molecule has 0 aromatic heterocycles. The van der Waals surface area contributed by atoms with E-state index in [1.54, 1.807) is 4.31 Å². The number of hydrogen-bond donors (Lipinski definition) is 0. The zero-order valence-corrected chi connectivity index (χ0v) is 13.0. The summed E-state index contributed by atoms with van der Waals surface area (Å²) in [5.41, 5.74) is 2.38. The van der Waals surface area contributed by atoms with Gasteiger partial charge in [-0.1, -0.05) is 29.8 Å². The van der Waals surface area contributed by atoms with Crippen molar-refractivity contribution in [3.63, 3.8) is 0 Å². The molecule has 1 saturated heterocycles. The van der Waals surface area contributed by atoms with Crippen LogP contribution >= 0.6 is 0 Å². The quantitative estimate of drug-likeness (QED) is 0.806. The highest BCUT2D eigenvalue weighted by Gasteiger charge is 2.24. The summed E-state index contributed by atoms with van der Waals surface area (Å²) in [6.45, 7) is 3.79. The van der Waals surface area contributed by atoms with Crippen molar-refractivity contribution in [2.45, 2.75) is 32.3 Å². The first kappa shape index (κ1) is 15.5. The number of aryl methyl sites for hydroxylation is 1. The normalized spacial score (nSPS) is 19.6. The minimum atomic E-state index is -3.18. The molecule has 0 unspecified atom stereocenters. The summed E-state index contributed by atoms with van der Waals surface area (Å²) in [4.78, 5) is 0. The number of sulfonamides is 1. The molecule has 0 radical (unpaired) electrons. The van der Waals surface area contributed by atoms with Crippen molar-refractivity contribution >= 4 is 10.0 Å². The fourth-order valence-electron chi connectivity index (χ4n) is 2.42. The SMILES string of the molecule is Cc1ccc(CCN(C[C@@H]2CCCO2)S(C)(=O)=O)cc1. The molecular formula is C15H23NO3S. The highest BCUT2D eigenvalue weighted by Crippen LogP contribution is 2.15. The number of nitrogens with zero attached hydrogens (tertiary/aromatic N) is 1. The standard InChI is InChI=1S/C15H23NO3S/c1-13-5-7-14(8-6-13)9-10-16(20(2,17)18)12-15-4-3-11-19-15/h5-8,15H,3-4,9-12H2,1-2H3/t15-/m0/s1. The topological polar surface area (TPSA) is 46.6 Å². The van der Waals surface area contributed by atoms with Crippen molar-refractivity contribution in [1.29, 1.82) is 0 Å². The number of ether oxygens (including phenoxy) is 1. The van der Waals surface area contributed by atoms with Crippen LogP contribution in [-0.4, -0.2) is 44.8 Å². The van der Waals surface area contributed by atoms with Crippen molar-refractivity contribution in [2.75, 3.05) is 26.0 Å². The maximum atomic E-state index is 11.9. The zero-order valence-electron chi connectivity index (χ0n) is 12.2. The van der Waals surface area contributed by atoms with Crippen molar-refractivity contribution in [2.24, 2.45) is 0 Å². The lowest BCUT2D eigenvalue weighted by molar-refractivity contribution is 0.0941. The number of benzene rings is 1. The van der Waals surface area contributed by atoms with E-state index in [9.17, 15) is 8.42 Å². The van der Waals surface area contributed by atoms with Gasteiger partial charge in [-0.15, -0.1) is 0 Å². The van der Waals surface area contributed by atoms with Gasteiger partial charge in [-0.25, -0.2) is 8.42 Å². The van der Waals surface area contributed by atoms with Gasteiger partial charge in [0.05, 0.1) is 12.4 Å². The summed E-state index contributed by atoms with van der Waals surface area (Å²) in [5.74, 6) is 0.